The lowest BCUT2D eigenvalue weighted by Crippen LogP contribution is -2.52. The van der Waals surface area contributed by atoms with Crippen LogP contribution in [0.25, 0.3) is 0 Å². The highest BCUT2D eigenvalue weighted by molar-refractivity contribution is 5.14. The van der Waals surface area contributed by atoms with E-state index in [1.165, 1.54) is 31.4 Å². The van der Waals surface area contributed by atoms with Crippen LogP contribution in [0.15, 0.2) is 30.3 Å². The molecular formula is C17H28N2O. The molecule has 0 saturated carbocycles. The van der Waals surface area contributed by atoms with Crippen molar-refractivity contribution in [2.24, 2.45) is 0 Å². The van der Waals surface area contributed by atoms with E-state index in [0.717, 1.165) is 19.5 Å². The van der Waals surface area contributed by atoms with Crippen molar-refractivity contribution in [3.05, 3.63) is 35.9 Å². The van der Waals surface area contributed by atoms with Crippen LogP contribution in [0.3, 0.4) is 0 Å². The molecule has 0 amide bonds. The number of likely N-dealkylation sites (N-methyl/N-ethyl adjacent to an activating group) is 1. The second-order valence-electron chi connectivity index (χ2n) is 5.70. The molecule has 1 saturated heterocycles. The smallest absolute Gasteiger partial charge is 0.0446 e. The molecule has 2 N–H and O–H groups in total. The summed E-state index contributed by atoms with van der Waals surface area (Å²) < 4.78 is 0. The number of aliphatic hydroxyl groups is 1. The average molecular weight is 276 g/mol. The zero-order valence-electron chi connectivity index (χ0n) is 12.6. The second kappa shape index (κ2) is 8.40. The van der Waals surface area contributed by atoms with E-state index in [1.54, 1.807) is 0 Å². The van der Waals surface area contributed by atoms with Gasteiger partial charge in [-0.2, -0.15) is 0 Å². The minimum absolute atomic E-state index is 0.271. The van der Waals surface area contributed by atoms with E-state index in [9.17, 15) is 5.11 Å². The summed E-state index contributed by atoms with van der Waals surface area (Å²) in [6, 6.07) is 11.7. The Balaban J connectivity index is 2.03. The summed E-state index contributed by atoms with van der Waals surface area (Å²) in [6.45, 7) is 5.59. The molecule has 1 aliphatic heterocycles. The lowest BCUT2D eigenvalue weighted by atomic mass is 9.93. The highest BCUT2D eigenvalue weighted by atomic mass is 16.3. The molecule has 2 rings (SSSR count). The van der Waals surface area contributed by atoms with Gasteiger partial charge in [0, 0.05) is 25.2 Å². The van der Waals surface area contributed by atoms with E-state index < -0.39 is 0 Å². The van der Waals surface area contributed by atoms with Gasteiger partial charge < -0.3 is 10.4 Å². The predicted octanol–water partition coefficient (Wildman–Crippen LogP) is 2.40. The number of hydrogen-bond donors (Lipinski definition) is 2. The van der Waals surface area contributed by atoms with Gasteiger partial charge >= 0.3 is 0 Å². The SMILES string of the molecule is CCN[C@H](CCO)[C@H]1CCCCN1Cc1ccccc1. The van der Waals surface area contributed by atoms with Crippen LogP contribution >= 0.6 is 0 Å². The average Bonchev–Trinajstić information content (AvgIpc) is 2.49. The first-order valence-electron chi connectivity index (χ1n) is 7.97. The van der Waals surface area contributed by atoms with Crippen molar-refractivity contribution in [3.8, 4) is 0 Å². The van der Waals surface area contributed by atoms with E-state index in [4.69, 9.17) is 0 Å². The number of nitrogens with one attached hydrogen (secondary N) is 1. The van der Waals surface area contributed by atoms with Gasteiger partial charge in [-0.3, -0.25) is 4.90 Å². The quantitative estimate of drug-likeness (QED) is 0.803. The summed E-state index contributed by atoms with van der Waals surface area (Å²) in [7, 11) is 0. The van der Waals surface area contributed by atoms with Gasteiger partial charge in [-0.15, -0.1) is 0 Å². The molecule has 20 heavy (non-hydrogen) atoms. The van der Waals surface area contributed by atoms with Crippen LogP contribution in [0, 0.1) is 0 Å². The second-order valence-corrected chi connectivity index (χ2v) is 5.70. The fraction of sp³-hybridized carbons (Fsp3) is 0.647. The van der Waals surface area contributed by atoms with Gasteiger partial charge in [-0.1, -0.05) is 43.7 Å². The van der Waals surface area contributed by atoms with E-state index in [2.05, 4.69) is 47.5 Å². The summed E-state index contributed by atoms with van der Waals surface area (Å²) in [4.78, 5) is 2.60. The summed E-state index contributed by atoms with van der Waals surface area (Å²) in [6.07, 6.45) is 4.69. The highest BCUT2D eigenvalue weighted by Crippen LogP contribution is 2.23. The Morgan fingerprint density at radius 3 is 2.80 bits per heavy atom. The molecule has 1 heterocycles. The first kappa shape index (κ1) is 15.5. The van der Waals surface area contributed by atoms with Crippen molar-refractivity contribution in [1.82, 2.24) is 10.2 Å². The Labute approximate surface area is 123 Å². The van der Waals surface area contributed by atoms with Gasteiger partial charge in [0.2, 0.25) is 0 Å². The molecule has 0 bridgehead atoms. The molecule has 2 atom stereocenters. The third-order valence-electron chi connectivity index (χ3n) is 4.26. The molecule has 0 aromatic heterocycles. The maximum atomic E-state index is 9.31. The van der Waals surface area contributed by atoms with Crippen LogP contribution in [-0.2, 0) is 6.54 Å². The predicted molar refractivity (Wildman–Crippen MR) is 83.7 cm³/mol. The molecule has 0 radical (unpaired) electrons. The molecule has 112 valence electrons. The fourth-order valence-corrected chi connectivity index (χ4v) is 3.32. The number of hydrogen-bond acceptors (Lipinski definition) is 3. The van der Waals surface area contributed by atoms with Crippen LogP contribution in [0.2, 0.25) is 0 Å². The van der Waals surface area contributed by atoms with Crippen molar-refractivity contribution < 1.29 is 5.11 Å². The van der Waals surface area contributed by atoms with Crippen LogP contribution in [0.5, 0.6) is 0 Å². The maximum Gasteiger partial charge on any atom is 0.0446 e. The Morgan fingerprint density at radius 2 is 2.10 bits per heavy atom. The first-order valence-corrected chi connectivity index (χ1v) is 7.97. The molecule has 0 spiro atoms. The van der Waals surface area contributed by atoms with Crippen molar-refractivity contribution in [2.75, 3.05) is 19.7 Å². The normalized spacial score (nSPS) is 21.8. The number of aliphatic hydroxyl groups excluding tert-OH is 1. The van der Waals surface area contributed by atoms with Gasteiger partial charge in [-0.25, -0.2) is 0 Å². The van der Waals surface area contributed by atoms with Gasteiger partial charge in [0.15, 0.2) is 0 Å². The van der Waals surface area contributed by atoms with E-state index in [0.29, 0.717) is 12.1 Å². The van der Waals surface area contributed by atoms with E-state index in [1.807, 2.05) is 0 Å². The standard InChI is InChI=1S/C17H28N2O/c1-2-18-16(11-13-20)17-10-6-7-12-19(17)14-15-8-4-3-5-9-15/h3-5,8-9,16-18,20H,2,6-7,10-14H2,1H3/t16-,17-/m1/s1. The topological polar surface area (TPSA) is 35.5 Å². The lowest BCUT2D eigenvalue weighted by molar-refractivity contribution is 0.0955. The molecule has 1 aromatic carbocycles. The largest absolute Gasteiger partial charge is 0.396 e. The molecule has 3 heteroatoms. The molecule has 1 fully saturated rings. The molecule has 1 aliphatic rings. The lowest BCUT2D eigenvalue weighted by Gasteiger charge is -2.40. The number of piperidine rings is 1. The van der Waals surface area contributed by atoms with Gasteiger partial charge in [-0.05, 0) is 37.9 Å². The zero-order chi connectivity index (χ0) is 14.2. The highest BCUT2D eigenvalue weighted by Gasteiger charge is 2.28. The maximum absolute atomic E-state index is 9.31. The minimum atomic E-state index is 0.271. The summed E-state index contributed by atoms with van der Waals surface area (Å²) in [5.74, 6) is 0. The van der Waals surface area contributed by atoms with Crippen LogP contribution in [-0.4, -0.2) is 41.8 Å². The summed E-state index contributed by atoms with van der Waals surface area (Å²) >= 11 is 0. The van der Waals surface area contributed by atoms with Crippen molar-refractivity contribution in [1.29, 1.82) is 0 Å². The number of likely N-dealkylation sites (tertiary alicyclic amines) is 1. The van der Waals surface area contributed by atoms with Crippen molar-refractivity contribution in [3.63, 3.8) is 0 Å². The molecule has 0 unspecified atom stereocenters. The Bertz CT molecular complexity index is 363. The third-order valence-corrected chi connectivity index (χ3v) is 4.26. The zero-order valence-corrected chi connectivity index (χ0v) is 12.6. The van der Waals surface area contributed by atoms with E-state index >= 15 is 0 Å². The minimum Gasteiger partial charge on any atom is -0.396 e. The van der Waals surface area contributed by atoms with Crippen LogP contribution < -0.4 is 5.32 Å². The van der Waals surface area contributed by atoms with Gasteiger partial charge in [0.05, 0.1) is 0 Å². The Morgan fingerprint density at radius 1 is 1.30 bits per heavy atom. The van der Waals surface area contributed by atoms with Crippen LogP contribution in [0.4, 0.5) is 0 Å². The summed E-state index contributed by atoms with van der Waals surface area (Å²) in [5.41, 5.74) is 1.39. The Kier molecular flexibility index (Phi) is 6.51. The summed E-state index contributed by atoms with van der Waals surface area (Å²) in [5, 5.41) is 12.9. The number of nitrogens with zero attached hydrogens (tertiary/aromatic N) is 1. The number of benzene rings is 1. The fourth-order valence-electron chi connectivity index (χ4n) is 3.32. The molecule has 3 nitrogen and oxygen atoms in total. The van der Waals surface area contributed by atoms with Crippen molar-refractivity contribution in [2.45, 2.75) is 51.2 Å². The van der Waals surface area contributed by atoms with Gasteiger partial charge in [0.25, 0.3) is 0 Å². The van der Waals surface area contributed by atoms with Crippen LogP contribution in [0.1, 0.15) is 38.2 Å². The molecular weight excluding hydrogens is 248 g/mol. The molecule has 0 aliphatic carbocycles. The van der Waals surface area contributed by atoms with E-state index in [-0.39, 0.29) is 6.61 Å². The monoisotopic (exact) mass is 276 g/mol. The number of rotatable bonds is 7. The first-order chi connectivity index (χ1) is 9.85. The Hall–Kier alpha value is -0.900. The third kappa shape index (κ3) is 4.30. The molecule has 1 aromatic rings. The van der Waals surface area contributed by atoms with Gasteiger partial charge in [0.1, 0.15) is 0 Å². The van der Waals surface area contributed by atoms with Crippen molar-refractivity contribution >= 4 is 0 Å².